The lowest BCUT2D eigenvalue weighted by Gasteiger charge is -2.12. The molecule has 0 spiro atoms. The van der Waals surface area contributed by atoms with Crippen molar-refractivity contribution >= 4 is 38.6 Å². The first-order valence-corrected chi connectivity index (χ1v) is 11.1. The summed E-state index contributed by atoms with van der Waals surface area (Å²) in [5, 5.41) is 6.50. The Morgan fingerprint density at radius 2 is 1.91 bits per heavy atom. The van der Waals surface area contributed by atoms with Crippen LogP contribution in [0.1, 0.15) is 28.5 Å². The fraction of sp³-hybridized carbons (Fsp3) is 0.154. The molecule has 0 radical (unpaired) electrons. The van der Waals surface area contributed by atoms with E-state index in [-0.39, 0.29) is 5.78 Å². The third kappa shape index (κ3) is 4.75. The molecule has 0 fully saturated rings. The number of allylic oxidation sites excluding steroid dienone is 1. The molecule has 5 nitrogen and oxygen atoms in total. The van der Waals surface area contributed by atoms with Crippen LogP contribution in [0.15, 0.2) is 77.4 Å². The van der Waals surface area contributed by atoms with Gasteiger partial charge in [-0.2, -0.15) is 5.10 Å². The van der Waals surface area contributed by atoms with Gasteiger partial charge in [-0.3, -0.25) is 9.48 Å². The highest BCUT2D eigenvalue weighted by atomic mass is 79.9. The quantitative estimate of drug-likeness (QED) is 0.214. The minimum atomic E-state index is -0.110. The van der Waals surface area contributed by atoms with E-state index >= 15 is 0 Å². The van der Waals surface area contributed by atoms with Crippen molar-refractivity contribution in [2.24, 2.45) is 0 Å². The van der Waals surface area contributed by atoms with E-state index in [0.29, 0.717) is 23.3 Å². The van der Waals surface area contributed by atoms with Crippen LogP contribution >= 0.6 is 15.9 Å². The maximum Gasteiger partial charge on any atom is 0.205 e. The van der Waals surface area contributed by atoms with Crippen molar-refractivity contribution in [2.75, 3.05) is 7.11 Å². The van der Waals surface area contributed by atoms with E-state index in [9.17, 15) is 4.79 Å². The van der Waals surface area contributed by atoms with Gasteiger partial charge in [0, 0.05) is 12.1 Å². The van der Waals surface area contributed by atoms with Gasteiger partial charge in [-0.25, -0.2) is 0 Å². The van der Waals surface area contributed by atoms with E-state index in [1.54, 1.807) is 30.1 Å². The van der Waals surface area contributed by atoms with Crippen LogP contribution in [0.3, 0.4) is 0 Å². The first-order valence-electron chi connectivity index (χ1n) is 10.3. The van der Waals surface area contributed by atoms with Crippen LogP contribution in [0.5, 0.6) is 11.5 Å². The highest BCUT2D eigenvalue weighted by Crippen LogP contribution is 2.25. The fourth-order valence-corrected chi connectivity index (χ4v) is 4.02. The number of nitrogens with zero attached hydrogens (tertiary/aromatic N) is 2. The van der Waals surface area contributed by atoms with Gasteiger partial charge in [-0.1, -0.05) is 42.5 Å². The minimum Gasteiger partial charge on any atom is -0.496 e. The van der Waals surface area contributed by atoms with Crippen molar-refractivity contribution in [1.82, 2.24) is 9.78 Å². The van der Waals surface area contributed by atoms with Gasteiger partial charge in [0.1, 0.15) is 23.8 Å². The maximum atomic E-state index is 12.7. The predicted molar refractivity (Wildman–Crippen MR) is 130 cm³/mol. The standard InChI is InChI=1S/C26H23BrN2O3/c1-3-29-26(23(27)16-28-29)24(30)12-8-18-9-13-25(31-2)21(14-18)17-32-22-11-10-19-6-4-5-7-20(19)15-22/h4-16H,3,17H2,1-2H3/b12-8+. The van der Waals surface area contributed by atoms with Crippen LogP contribution in [-0.2, 0) is 13.2 Å². The number of methoxy groups -OCH3 is 1. The summed E-state index contributed by atoms with van der Waals surface area (Å²) in [5.41, 5.74) is 2.32. The van der Waals surface area contributed by atoms with Crippen molar-refractivity contribution in [3.63, 3.8) is 0 Å². The molecule has 3 aromatic carbocycles. The predicted octanol–water partition coefficient (Wildman–Crippen LogP) is 6.30. The highest BCUT2D eigenvalue weighted by Gasteiger charge is 2.14. The summed E-state index contributed by atoms with van der Waals surface area (Å²) in [6.07, 6.45) is 4.99. The average molecular weight is 491 g/mol. The Bertz CT molecular complexity index is 1290. The Hall–Kier alpha value is -3.38. The third-order valence-corrected chi connectivity index (χ3v) is 5.75. The summed E-state index contributed by atoms with van der Waals surface area (Å²) in [7, 11) is 1.64. The van der Waals surface area contributed by atoms with Gasteiger partial charge in [0.2, 0.25) is 5.78 Å². The van der Waals surface area contributed by atoms with Crippen LogP contribution in [0, 0.1) is 0 Å². The van der Waals surface area contributed by atoms with Crippen LogP contribution in [-0.4, -0.2) is 22.7 Å². The summed E-state index contributed by atoms with van der Waals surface area (Å²) in [6, 6.07) is 20.0. The van der Waals surface area contributed by atoms with Crippen molar-refractivity contribution < 1.29 is 14.3 Å². The largest absolute Gasteiger partial charge is 0.496 e. The molecular formula is C26H23BrN2O3. The summed E-state index contributed by atoms with van der Waals surface area (Å²) in [5.74, 6) is 1.42. The molecule has 162 valence electrons. The SMILES string of the molecule is CCn1ncc(Br)c1C(=O)/C=C/c1ccc(OC)c(COc2ccc3ccccc3c2)c1. The summed E-state index contributed by atoms with van der Waals surface area (Å²) >= 11 is 3.40. The number of hydrogen-bond acceptors (Lipinski definition) is 4. The zero-order valence-electron chi connectivity index (χ0n) is 17.9. The molecule has 0 N–H and O–H groups in total. The molecule has 0 saturated heterocycles. The van der Waals surface area contributed by atoms with E-state index in [0.717, 1.165) is 28.0 Å². The molecule has 32 heavy (non-hydrogen) atoms. The summed E-state index contributed by atoms with van der Waals surface area (Å²) < 4.78 is 13.9. The van der Waals surface area contributed by atoms with Crippen molar-refractivity contribution in [3.05, 3.63) is 94.2 Å². The van der Waals surface area contributed by atoms with Gasteiger partial charge >= 0.3 is 0 Å². The third-order valence-electron chi connectivity index (χ3n) is 5.17. The summed E-state index contributed by atoms with van der Waals surface area (Å²) in [6.45, 7) is 2.93. The lowest BCUT2D eigenvalue weighted by Crippen LogP contribution is -2.07. The van der Waals surface area contributed by atoms with Crippen LogP contribution in [0.25, 0.3) is 16.8 Å². The van der Waals surface area contributed by atoms with Crippen molar-refractivity contribution in [3.8, 4) is 11.5 Å². The second kappa shape index (κ2) is 9.83. The molecule has 4 rings (SSSR count). The number of aryl methyl sites for hydroxylation is 1. The van der Waals surface area contributed by atoms with E-state index in [1.165, 1.54) is 5.39 Å². The molecule has 0 saturated carbocycles. The second-order valence-electron chi connectivity index (χ2n) is 7.22. The second-order valence-corrected chi connectivity index (χ2v) is 8.08. The Morgan fingerprint density at radius 1 is 1.09 bits per heavy atom. The zero-order valence-corrected chi connectivity index (χ0v) is 19.5. The van der Waals surface area contributed by atoms with E-state index in [1.807, 2.05) is 55.5 Å². The van der Waals surface area contributed by atoms with Gasteiger partial charge in [0.15, 0.2) is 0 Å². The van der Waals surface area contributed by atoms with Crippen LogP contribution in [0.4, 0.5) is 0 Å². The molecule has 0 unspecified atom stereocenters. The molecule has 0 aliphatic rings. The first kappa shape index (κ1) is 21.8. The molecule has 0 bridgehead atoms. The average Bonchev–Trinajstić information content (AvgIpc) is 3.21. The number of aromatic nitrogens is 2. The Balaban J connectivity index is 1.52. The number of fused-ring (bicyclic) bond motifs is 1. The molecular weight excluding hydrogens is 468 g/mol. The molecule has 0 amide bonds. The Labute approximate surface area is 195 Å². The van der Waals surface area contributed by atoms with E-state index in [4.69, 9.17) is 9.47 Å². The lowest BCUT2D eigenvalue weighted by molar-refractivity contribution is 0.103. The van der Waals surface area contributed by atoms with Gasteiger partial charge in [-0.05, 0) is 69.5 Å². The number of ether oxygens (including phenoxy) is 2. The molecule has 0 aliphatic carbocycles. The molecule has 0 aliphatic heterocycles. The van der Waals surface area contributed by atoms with Gasteiger partial charge in [0.25, 0.3) is 0 Å². The van der Waals surface area contributed by atoms with Gasteiger partial charge < -0.3 is 9.47 Å². The highest BCUT2D eigenvalue weighted by molar-refractivity contribution is 9.10. The van der Waals surface area contributed by atoms with Crippen LogP contribution in [0.2, 0.25) is 0 Å². The first-order chi connectivity index (χ1) is 15.6. The van der Waals surface area contributed by atoms with Crippen molar-refractivity contribution in [2.45, 2.75) is 20.1 Å². The minimum absolute atomic E-state index is 0.110. The molecule has 4 aromatic rings. The molecule has 0 atom stereocenters. The normalized spacial score (nSPS) is 11.2. The van der Waals surface area contributed by atoms with Gasteiger partial charge in [0.05, 0.1) is 17.8 Å². The fourth-order valence-electron chi connectivity index (χ4n) is 3.53. The van der Waals surface area contributed by atoms with Crippen molar-refractivity contribution in [1.29, 1.82) is 0 Å². The monoisotopic (exact) mass is 490 g/mol. The number of halogens is 1. The number of ketones is 1. The molecule has 6 heteroatoms. The Kier molecular flexibility index (Phi) is 6.71. The number of hydrogen-bond donors (Lipinski definition) is 0. The number of rotatable bonds is 8. The van der Waals surface area contributed by atoms with Gasteiger partial charge in [-0.15, -0.1) is 0 Å². The topological polar surface area (TPSA) is 53.4 Å². The number of carbonyl (C=O) groups excluding carboxylic acids is 1. The Morgan fingerprint density at radius 3 is 2.69 bits per heavy atom. The number of benzene rings is 3. The van der Waals surface area contributed by atoms with E-state index in [2.05, 4.69) is 33.2 Å². The number of carbonyl (C=O) groups is 1. The zero-order chi connectivity index (χ0) is 22.5. The molecule has 1 aromatic heterocycles. The maximum absolute atomic E-state index is 12.7. The lowest BCUT2D eigenvalue weighted by atomic mass is 10.1. The van der Waals surface area contributed by atoms with Crippen LogP contribution < -0.4 is 9.47 Å². The smallest absolute Gasteiger partial charge is 0.205 e. The molecule has 1 heterocycles. The summed E-state index contributed by atoms with van der Waals surface area (Å²) in [4.78, 5) is 12.7. The van der Waals surface area contributed by atoms with E-state index < -0.39 is 0 Å².